The molecule has 0 N–H and O–H groups in total. The van der Waals surface area contributed by atoms with E-state index in [-0.39, 0.29) is 26.5 Å². The predicted octanol–water partition coefficient (Wildman–Crippen LogP) is 11.2. The summed E-state index contributed by atoms with van der Waals surface area (Å²) in [6, 6.07) is 59.2. The van der Waals surface area contributed by atoms with Crippen LogP contribution >= 0.6 is 0 Å². The van der Waals surface area contributed by atoms with Gasteiger partial charge in [0.15, 0.2) is 0 Å². The molecule has 0 saturated heterocycles. The Balaban J connectivity index is 0.00000363. The molecule has 0 bridgehead atoms. The van der Waals surface area contributed by atoms with Gasteiger partial charge >= 0.3 is 21.1 Å². The number of rotatable bonds is 3. The fourth-order valence-electron chi connectivity index (χ4n) is 8.66. The SMILES string of the molecule is CC(C)(C)c1ccc2c(c1)c1ccc(-n3c4ccccc4n4c5ccccc5nc34)[c-]c1n2-c1[c-]c(-n2c3ccccc3n3c4ccccc4nc23)ccc1.[Pt+2]. The van der Waals surface area contributed by atoms with Crippen LogP contribution < -0.4 is 0 Å². The van der Waals surface area contributed by atoms with Crippen molar-refractivity contribution in [1.82, 2.24) is 32.5 Å². The largest absolute Gasteiger partial charge is 2.00 e. The van der Waals surface area contributed by atoms with Crippen molar-refractivity contribution in [1.29, 1.82) is 0 Å². The van der Waals surface area contributed by atoms with Gasteiger partial charge in [-0.3, -0.25) is 8.80 Å². The average molecular weight is 903 g/mol. The molecule has 12 rings (SSSR count). The fraction of sp³-hybridized carbons (Fsp3) is 0.0833. The molecule has 5 heterocycles. The Morgan fingerprint density at radius 3 is 1.50 bits per heavy atom. The molecule has 0 unspecified atom stereocenters. The van der Waals surface area contributed by atoms with Gasteiger partial charge in [0.2, 0.25) is 11.6 Å². The topological polar surface area (TPSA) is 49.4 Å². The summed E-state index contributed by atoms with van der Waals surface area (Å²) in [5, 5.41) is 2.32. The van der Waals surface area contributed by atoms with E-state index in [1.54, 1.807) is 0 Å². The number of aromatic nitrogens is 7. The molecule has 0 saturated carbocycles. The van der Waals surface area contributed by atoms with Crippen molar-refractivity contribution in [3.05, 3.63) is 163 Å². The number of nitrogens with zero attached hydrogens (tertiary/aromatic N) is 7. The minimum absolute atomic E-state index is 0. The van der Waals surface area contributed by atoms with Crippen molar-refractivity contribution >= 4 is 77.5 Å². The van der Waals surface area contributed by atoms with Crippen LogP contribution in [0.25, 0.3) is 94.6 Å². The maximum Gasteiger partial charge on any atom is 2.00 e. The van der Waals surface area contributed by atoms with E-state index in [0.29, 0.717) is 0 Å². The van der Waals surface area contributed by atoms with Crippen LogP contribution in [0.1, 0.15) is 26.3 Å². The monoisotopic (exact) mass is 902 g/mol. The van der Waals surface area contributed by atoms with Crippen LogP contribution in [-0.2, 0) is 26.5 Å². The van der Waals surface area contributed by atoms with Crippen LogP contribution in [0.15, 0.2) is 146 Å². The molecule has 56 heavy (non-hydrogen) atoms. The summed E-state index contributed by atoms with van der Waals surface area (Å²) in [5.41, 5.74) is 14.6. The maximum absolute atomic E-state index is 5.16. The zero-order chi connectivity index (χ0) is 36.6. The van der Waals surface area contributed by atoms with Crippen molar-refractivity contribution in [2.24, 2.45) is 0 Å². The summed E-state index contributed by atoms with van der Waals surface area (Å²) in [7, 11) is 0. The van der Waals surface area contributed by atoms with Gasteiger partial charge in [-0.25, -0.2) is 9.97 Å². The maximum atomic E-state index is 5.16. The van der Waals surface area contributed by atoms with E-state index in [2.05, 4.69) is 189 Å². The molecule has 5 aromatic heterocycles. The molecule has 0 atom stereocenters. The third-order valence-corrected chi connectivity index (χ3v) is 11.2. The van der Waals surface area contributed by atoms with Gasteiger partial charge in [-0.15, -0.1) is 35.7 Å². The molecule has 7 aromatic carbocycles. The molecule has 0 aliphatic rings. The first-order valence-electron chi connectivity index (χ1n) is 18.7. The van der Waals surface area contributed by atoms with Gasteiger partial charge in [0, 0.05) is 5.52 Å². The summed E-state index contributed by atoms with van der Waals surface area (Å²) in [6.45, 7) is 6.81. The molecular weight excluding hydrogens is 870 g/mol. The van der Waals surface area contributed by atoms with Crippen molar-refractivity contribution in [2.45, 2.75) is 26.2 Å². The Labute approximate surface area is 335 Å². The molecule has 0 spiro atoms. The third-order valence-electron chi connectivity index (χ3n) is 11.2. The van der Waals surface area contributed by atoms with Crippen LogP contribution in [-0.4, -0.2) is 32.5 Å². The molecule has 0 aliphatic carbocycles. The first-order valence-corrected chi connectivity index (χ1v) is 18.7. The molecule has 8 heteroatoms. The summed E-state index contributed by atoms with van der Waals surface area (Å²) in [4.78, 5) is 10.3. The van der Waals surface area contributed by atoms with Crippen molar-refractivity contribution < 1.29 is 21.1 Å². The summed E-state index contributed by atoms with van der Waals surface area (Å²) in [6.07, 6.45) is 0. The van der Waals surface area contributed by atoms with Gasteiger partial charge in [-0.05, 0) is 71.0 Å². The zero-order valence-electron chi connectivity index (χ0n) is 30.8. The van der Waals surface area contributed by atoms with Gasteiger partial charge in [0.05, 0.1) is 44.1 Å². The Kier molecular flexibility index (Phi) is 6.93. The van der Waals surface area contributed by atoms with E-state index in [1.165, 1.54) is 10.9 Å². The van der Waals surface area contributed by atoms with E-state index in [9.17, 15) is 0 Å². The fourth-order valence-corrected chi connectivity index (χ4v) is 8.66. The standard InChI is InChI=1S/C48H33N7.Pt/c1-48(2,3)30-23-26-38-35(27-30)34-25-24-33(53-42-20-9-11-22-44(42)55-40-18-7-5-16-37(40)50-47(53)55)29-45(34)51(38)31-13-12-14-32(28-31)52-41-19-8-10-21-43(41)54-39-17-6-4-15-36(39)49-46(52)54;/h4-27H,1-3H3;/q-2;+2. The molecule has 0 aliphatic heterocycles. The second kappa shape index (κ2) is 11.8. The molecule has 12 aromatic rings. The Bertz CT molecular complexity index is 3550. The molecule has 0 amide bonds. The number of hydrogen-bond acceptors (Lipinski definition) is 2. The summed E-state index contributed by atoms with van der Waals surface area (Å²) in [5.74, 6) is 1.72. The quantitative estimate of drug-likeness (QED) is 0.166. The summed E-state index contributed by atoms with van der Waals surface area (Å²) >= 11 is 0. The molecule has 270 valence electrons. The van der Waals surface area contributed by atoms with E-state index >= 15 is 0 Å². The number of fused-ring (bicyclic) bond motifs is 13. The van der Waals surface area contributed by atoms with Gasteiger partial charge in [-0.2, -0.15) is 12.1 Å². The van der Waals surface area contributed by atoms with E-state index in [1.807, 2.05) is 12.1 Å². The van der Waals surface area contributed by atoms with E-state index < -0.39 is 0 Å². The Morgan fingerprint density at radius 1 is 0.429 bits per heavy atom. The third kappa shape index (κ3) is 4.49. The number of para-hydroxylation sites is 8. The molecule has 7 nitrogen and oxygen atoms in total. The van der Waals surface area contributed by atoms with Crippen molar-refractivity contribution in [3.8, 4) is 17.1 Å². The first-order chi connectivity index (χ1) is 26.9. The Morgan fingerprint density at radius 2 is 0.929 bits per heavy atom. The van der Waals surface area contributed by atoms with Crippen molar-refractivity contribution in [2.75, 3.05) is 0 Å². The van der Waals surface area contributed by atoms with Gasteiger partial charge in [0.25, 0.3) is 0 Å². The average Bonchev–Trinajstić information content (AvgIpc) is 3.99. The van der Waals surface area contributed by atoms with Crippen LogP contribution in [0.2, 0.25) is 0 Å². The van der Waals surface area contributed by atoms with E-state index in [4.69, 9.17) is 9.97 Å². The number of imidazole rings is 4. The molecule has 0 radical (unpaired) electrons. The molecule has 0 fully saturated rings. The van der Waals surface area contributed by atoms with Crippen molar-refractivity contribution in [3.63, 3.8) is 0 Å². The van der Waals surface area contributed by atoms with Crippen LogP contribution in [0.4, 0.5) is 0 Å². The van der Waals surface area contributed by atoms with E-state index in [0.717, 1.165) is 89.2 Å². The van der Waals surface area contributed by atoms with Crippen LogP contribution in [0.3, 0.4) is 0 Å². The van der Waals surface area contributed by atoms with Gasteiger partial charge in [0.1, 0.15) is 0 Å². The smallest absolute Gasteiger partial charge is 0.358 e. The minimum atomic E-state index is -0.00868. The number of benzene rings is 7. The zero-order valence-corrected chi connectivity index (χ0v) is 33.1. The van der Waals surface area contributed by atoms with Crippen LogP contribution in [0, 0.1) is 12.1 Å². The second-order valence-corrected chi connectivity index (χ2v) is 15.5. The second-order valence-electron chi connectivity index (χ2n) is 15.5. The Hall–Kier alpha value is -6.43. The van der Waals surface area contributed by atoms with Crippen LogP contribution in [0.5, 0.6) is 0 Å². The minimum Gasteiger partial charge on any atom is -0.358 e. The normalized spacial score (nSPS) is 12.4. The number of hydrogen-bond donors (Lipinski definition) is 0. The van der Waals surface area contributed by atoms with Gasteiger partial charge < -0.3 is 13.7 Å². The summed E-state index contributed by atoms with van der Waals surface area (Å²) < 4.78 is 11.3. The first kappa shape index (κ1) is 33.0. The molecular formula is C48H33N7Pt. The predicted molar refractivity (Wildman–Crippen MR) is 223 cm³/mol. The van der Waals surface area contributed by atoms with Gasteiger partial charge in [-0.1, -0.05) is 104 Å².